The van der Waals surface area contributed by atoms with Crippen molar-refractivity contribution in [2.24, 2.45) is 0 Å². The third kappa shape index (κ3) is 5.61. The number of unbranched alkanes of at least 4 members (excludes halogenated alkanes) is 1. The Kier molecular flexibility index (Phi) is 8.44. The van der Waals surface area contributed by atoms with Gasteiger partial charge in [-0.2, -0.15) is 9.97 Å². The van der Waals surface area contributed by atoms with Gasteiger partial charge < -0.3 is 9.47 Å². The minimum absolute atomic E-state index is 0.0108. The topological polar surface area (TPSA) is 146 Å². The summed E-state index contributed by atoms with van der Waals surface area (Å²) in [7, 11) is 1.20. The zero-order chi connectivity index (χ0) is 22.1. The summed E-state index contributed by atoms with van der Waals surface area (Å²) in [5.74, 6) is 0. The van der Waals surface area contributed by atoms with E-state index < -0.39 is 21.9 Å². The Labute approximate surface area is 176 Å². The Balaban J connectivity index is 2.57. The van der Waals surface area contributed by atoms with Crippen LogP contribution in [-0.4, -0.2) is 41.0 Å². The van der Waals surface area contributed by atoms with Crippen LogP contribution in [0.2, 0.25) is 5.15 Å². The molecule has 0 saturated heterocycles. The summed E-state index contributed by atoms with van der Waals surface area (Å²) in [5, 5.41) is 11.3. The lowest BCUT2D eigenvalue weighted by atomic mass is 9.97. The number of halogens is 1. The van der Waals surface area contributed by atoms with Gasteiger partial charge in [0.15, 0.2) is 12.0 Å². The summed E-state index contributed by atoms with van der Waals surface area (Å²) >= 11 is 6.05. The average molecular weight is 438 g/mol. The fraction of sp³-hybridized carbons (Fsp3) is 0.333. The number of nitrogens with one attached hydrogen (secondary N) is 2. The van der Waals surface area contributed by atoms with Crippen LogP contribution in [-0.2, 0) is 11.3 Å². The highest BCUT2D eigenvalue weighted by Crippen LogP contribution is 2.38. The van der Waals surface area contributed by atoms with Crippen LogP contribution in [0.1, 0.15) is 35.7 Å². The highest BCUT2D eigenvalue weighted by molar-refractivity contribution is 6.32. The lowest BCUT2D eigenvalue weighted by molar-refractivity contribution is -0.384. The lowest BCUT2D eigenvalue weighted by Gasteiger charge is -2.14. The van der Waals surface area contributed by atoms with E-state index in [9.17, 15) is 19.7 Å². The van der Waals surface area contributed by atoms with Gasteiger partial charge in [0.05, 0.1) is 18.6 Å². The van der Waals surface area contributed by atoms with Crippen LogP contribution in [0, 0.1) is 10.1 Å². The minimum atomic E-state index is -0.731. The maximum absolute atomic E-state index is 11.7. The Morgan fingerprint density at radius 2 is 2.13 bits per heavy atom. The SMILES string of the molecule is CCCCOc1nc(Cl)c([N+](=O)[O-])c(-c2c(C=O)cccc2CNNC(=O)OC)n1. The number of hydrazine groups is 1. The van der Waals surface area contributed by atoms with Crippen LogP contribution in [0.3, 0.4) is 0 Å². The standard InChI is InChI=1S/C18H20ClN5O6/c1-3-4-8-30-17-21-14(15(24(27)28)16(19)22-17)13-11(6-5-7-12(13)10-25)9-20-23-18(26)29-2/h5-7,10,20H,3-4,8-9H2,1-2H3,(H,23,26). The number of carbonyl (C=O) groups excluding carboxylic acids is 2. The monoisotopic (exact) mass is 437 g/mol. The van der Waals surface area contributed by atoms with Gasteiger partial charge in [-0.05, 0) is 12.0 Å². The molecule has 1 amide bonds. The molecule has 2 rings (SSSR count). The zero-order valence-electron chi connectivity index (χ0n) is 16.3. The molecule has 0 aliphatic rings. The minimum Gasteiger partial charge on any atom is -0.463 e. The fourth-order valence-electron chi connectivity index (χ4n) is 2.53. The summed E-state index contributed by atoms with van der Waals surface area (Å²) in [6, 6.07) is 4.56. The molecule has 0 bridgehead atoms. The number of methoxy groups -OCH3 is 1. The van der Waals surface area contributed by atoms with E-state index in [-0.39, 0.29) is 29.4 Å². The van der Waals surface area contributed by atoms with E-state index in [1.807, 2.05) is 6.92 Å². The number of rotatable bonds is 10. The molecular weight excluding hydrogens is 418 g/mol. The summed E-state index contributed by atoms with van der Waals surface area (Å²) in [5.41, 5.74) is 4.92. The third-order valence-corrected chi connectivity index (χ3v) is 4.20. The number of aromatic nitrogens is 2. The number of aldehydes is 1. The summed E-state index contributed by atoms with van der Waals surface area (Å²) in [6.45, 7) is 2.29. The van der Waals surface area contributed by atoms with Crippen LogP contribution in [0.25, 0.3) is 11.3 Å². The molecule has 0 unspecified atom stereocenters. The molecule has 11 nitrogen and oxygen atoms in total. The molecule has 0 spiro atoms. The first-order chi connectivity index (χ1) is 14.4. The predicted octanol–water partition coefficient (Wildman–Crippen LogP) is 3.06. The van der Waals surface area contributed by atoms with E-state index in [1.165, 1.54) is 13.2 Å². The first-order valence-corrected chi connectivity index (χ1v) is 9.29. The molecule has 30 heavy (non-hydrogen) atoms. The number of amides is 1. The van der Waals surface area contributed by atoms with E-state index in [4.69, 9.17) is 16.3 Å². The van der Waals surface area contributed by atoms with E-state index >= 15 is 0 Å². The summed E-state index contributed by atoms with van der Waals surface area (Å²) in [6.07, 6.45) is 1.41. The second-order valence-electron chi connectivity index (χ2n) is 5.92. The predicted molar refractivity (Wildman–Crippen MR) is 107 cm³/mol. The number of carbonyl (C=O) groups is 2. The average Bonchev–Trinajstić information content (AvgIpc) is 2.72. The van der Waals surface area contributed by atoms with Crippen molar-refractivity contribution in [3.05, 3.63) is 44.6 Å². The molecule has 2 N–H and O–H groups in total. The molecule has 2 aromatic rings. The number of hydrogen-bond acceptors (Lipinski definition) is 9. The van der Waals surface area contributed by atoms with Crippen molar-refractivity contribution in [1.29, 1.82) is 0 Å². The van der Waals surface area contributed by atoms with Crippen molar-refractivity contribution < 1.29 is 24.0 Å². The second kappa shape index (κ2) is 11.0. The third-order valence-electron chi connectivity index (χ3n) is 3.93. The van der Waals surface area contributed by atoms with Crippen LogP contribution in [0.4, 0.5) is 10.5 Å². The molecule has 0 aliphatic carbocycles. The van der Waals surface area contributed by atoms with Gasteiger partial charge >= 0.3 is 17.8 Å². The van der Waals surface area contributed by atoms with Gasteiger partial charge in [-0.15, -0.1) is 0 Å². The quantitative estimate of drug-likeness (QED) is 0.188. The van der Waals surface area contributed by atoms with Crippen molar-refractivity contribution in [2.45, 2.75) is 26.3 Å². The first kappa shape index (κ1) is 23.0. The van der Waals surface area contributed by atoms with Crippen LogP contribution in [0.5, 0.6) is 6.01 Å². The molecule has 0 radical (unpaired) electrons. The number of ether oxygens (including phenoxy) is 2. The van der Waals surface area contributed by atoms with Crippen molar-refractivity contribution >= 4 is 29.7 Å². The van der Waals surface area contributed by atoms with Crippen molar-refractivity contribution in [2.75, 3.05) is 13.7 Å². The number of benzene rings is 1. The van der Waals surface area contributed by atoms with Gasteiger partial charge in [0.2, 0.25) is 5.15 Å². The van der Waals surface area contributed by atoms with Gasteiger partial charge in [0.1, 0.15) is 0 Å². The Morgan fingerprint density at radius 3 is 2.77 bits per heavy atom. The molecular formula is C18H20ClN5O6. The molecule has 0 atom stereocenters. The first-order valence-electron chi connectivity index (χ1n) is 8.91. The van der Waals surface area contributed by atoms with Gasteiger partial charge in [0.25, 0.3) is 0 Å². The van der Waals surface area contributed by atoms with E-state index in [2.05, 4.69) is 25.6 Å². The Bertz CT molecular complexity index is 940. The van der Waals surface area contributed by atoms with E-state index in [0.29, 0.717) is 18.5 Å². The molecule has 1 aromatic carbocycles. The molecule has 0 aliphatic heterocycles. The number of hydrogen-bond donors (Lipinski definition) is 2. The van der Waals surface area contributed by atoms with Crippen LogP contribution >= 0.6 is 11.6 Å². The van der Waals surface area contributed by atoms with Gasteiger partial charge in [-0.1, -0.05) is 43.1 Å². The molecule has 160 valence electrons. The Hall–Kier alpha value is -3.31. The second-order valence-corrected chi connectivity index (χ2v) is 6.28. The van der Waals surface area contributed by atoms with E-state index in [0.717, 1.165) is 12.8 Å². The van der Waals surface area contributed by atoms with Crippen molar-refractivity contribution in [3.8, 4) is 17.3 Å². The summed E-state index contributed by atoms with van der Waals surface area (Å²) < 4.78 is 9.92. The normalized spacial score (nSPS) is 10.4. The van der Waals surface area contributed by atoms with Gasteiger partial charge in [0, 0.05) is 17.7 Å². The van der Waals surface area contributed by atoms with E-state index in [1.54, 1.807) is 12.1 Å². The highest BCUT2D eigenvalue weighted by atomic mass is 35.5. The molecule has 0 fully saturated rings. The Morgan fingerprint density at radius 1 is 1.37 bits per heavy atom. The fourth-order valence-corrected chi connectivity index (χ4v) is 2.76. The highest BCUT2D eigenvalue weighted by Gasteiger charge is 2.28. The van der Waals surface area contributed by atoms with Crippen LogP contribution in [0.15, 0.2) is 18.2 Å². The van der Waals surface area contributed by atoms with Crippen molar-refractivity contribution in [3.63, 3.8) is 0 Å². The smallest absolute Gasteiger partial charge is 0.421 e. The maximum Gasteiger partial charge on any atom is 0.421 e. The number of nitro groups is 1. The lowest BCUT2D eigenvalue weighted by Crippen LogP contribution is -2.36. The largest absolute Gasteiger partial charge is 0.463 e. The van der Waals surface area contributed by atoms with Gasteiger partial charge in [-0.25, -0.2) is 10.2 Å². The number of nitrogens with zero attached hydrogens (tertiary/aromatic N) is 3. The summed E-state index contributed by atoms with van der Waals surface area (Å²) in [4.78, 5) is 41.9. The maximum atomic E-state index is 11.7. The van der Waals surface area contributed by atoms with Crippen molar-refractivity contribution in [1.82, 2.24) is 20.8 Å². The van der Waals surface area contributed by atoms with Crippen LogP contribution < -0.4 is 15.6 Å². The zero-order valence-corrected chi connectivity index (χ0v) is 17.1. The molecule has 1 heterocycles. The molecule has 1 aromatic heterocycles. The van der Waals surface area contributed by atoms with Gasteiger partial charge in [-0.3, -0.25) is 20.3 Å². The molecule has 0 saturated carbocycles. The molecule has 12 heteroatoms.